The minimum atomic E-state index is -1.04. The number of hydrogen-bond acceptors (Lipinski definition) is 6. The van der Waals surface area contributed by atoms with Crippen molar-refractivity contribution in [3.8, 4) is 0 Å². The van der Waals surface area contributed by atoms with Gasteiger partial charge < -0.3 is 19.3 Å². The maximum Gasteiger partial charge on any atom is 0.412 e. The monoisotopic (exact) mass is 476 g/mol. The molecule has 0 bridgehead atoms. The molecule has 0 saturated carbocycles. The van der Waals surface area contributed by atoms with Gasteiger partial charge in [0.1, 0.15) is 24.0 Å². The molecule has 2 fully saturated rings. The molecule has 1 aromatic rings. The Kier molecular flexibility index (Phi) is 7.75. The Bertz CT molecular complexity index is 881. The molecule has 1 aromatic carbocycles. The molecular formula is C25H36N2O7. The van der Waals surface area contributed by atoms with E-state index in [1.807, 2.05) is 65.0 Å². The third kappa shape index (κ3) is 6.20. The van der Waals surface area contributed by atoms with Crippen LogP contribution in [-0.2, 0) is 25.6 Å². The molecule has 2 aliphatic rings. The predicted molar refractivity (Wildman–Crippen MR) is 124 cm³/mol. The first-order valence-corrected chi connectivity index (χ1v) is 11.8. The van der Waals surface area contributed by atoms with Crippen molar-refractivity contribution in [3.05, 3.63) is 35.9 Å². The van der Waals surface area contributed by atoms with Crippen LogP contribution in [0.4, 0.5) is 9.59 Å². The number of carbonyl (C=O) groups excluding carboxylic acids is 2. The smallest absolute Gasteiger partial charge is 0.412 e. The summed E-state index contributed by atoms with van der Waals surface area (Å²) >= 11 is 0. The predicted octanol–water partition coefficient (Wildman–Crippen LogP) is 4.39. The van der Waals surface area contributed by atoms with Crippen molar-refractivity contribution in [2.24, 2.45) is 0 Å². The van der Waals surface area contributed by atoms with Gasteiger partial charge in [0, 0.05) is 6.04 Å². The number of likely N-dealkylation sites (tertiary alicyclic amines) is 1. The summed E-state index contributed by atoms with van der Waals surface area (Å²) in [6, 6.07) is 7.80. The fraction of sp³-hybridized carbons (Fsp3) is 0.640. The van der Waals surface area contributed by atoms with Crippen molar-refractivity contribution in [3.63, 3.8) is 0 Å². The first kappa shape index (κ1) is 25.8. The number of carboxylic acid groups (broad SMARTS) is 1. The van der Waals surface area contributed by atoms with Crippen molar-refractivity contribution >= 4 is 18.2 Å². The van der Waals surface area contributed by atoms with Gasteiger partial charge in [-0.1, -0.05) is 30.3 Å². The topological polar surface area (TPSA) is 106 Å². The van der Waals surface area contributed by atoms with E-state index in [2.05, 4.69) is 0 Å². The second kappa shape index (κ2) is 10.2. The molecule has 0 spiro atoms. The van der Waals surface area contributed by atoms with E-state index in [1.54, 1.807) is 4.90 Å². The van der Waals surface area contributed by atoms with Gasteiger partial charge in [-0.05, 0) is 65.9 Å². The number of carbonyl (C=O) groups is 3. The highest BCUT2D eigenvalue weighted by atomic mass is 16.6. The fourth-order valence-electron chi connectivity index (χ4n) is 4.64. The molecule has 34 heavy (non-hydrogen) atoms. The third-order valence-corrected chi connectivity index (χ3v) is 6.20. The van der Waals surface area contributed by atoms with Crippen molar-refractivity contribution in [1.29, 1.82) is 0 Å². The van der Waals surface area contributed by atoms with Gasteiger partial charge >= 0.3 is 18.2 Å². The van der Waals surface area contributed by atoms with Gasteiger partial charge in [-0.2, -0.15) is 0 Å². The van der Waals surface area contributed by atoms with E-state index in [0.717, 1.165) is 5.56 Å². The molecule has 2 aliphatic heterocycles. The third-order valence-electron chi connectivity index (χ3n) is 6.20. The molecule has 2 saturated heterocycles. The first-order chi connectivity index (χ1) is 15.9. The minimum absolute atomic E-state index is 0.0757. The van der Waals surface area contributed by atoms with E-state index in [0.29, 0.717) is 32.3 Å². The van der Waals surface area contributed by atoms with Crippen LogP contribution in [0.25, 0.3) is 0 Å². The lowest BCUT2D eigenvalue weighted by atomic mass is 10.0. The summed E-state index contributed by atoms with van der Waals surface area (Å²) in [6.45, 7) is 9.50. The summed E-state index contributed by atoms with van der Waals surface area (Å²) < 4.78 is 16.9. The molecule has 3 rings (SSSR count). The van der Waals surface area contributed by atoms with Crippen molar-refractivity contribution in [2.75, 3.05) is 6.61 Å². The Morgan fingerprint density at radius 3 is 2.32 bits per heavy atom. The number of rotatable bonds is 6. The van der Waals surface area contributed by atoms with Gasteiger partial charge in [0.05, 0.1) is 12.6 Å². The second-order valence-electron chi connectivity index (χ2n) is 10.4. The zero-order chi connectivity index (χ0) is 25.1. The van der Waals surface area contributed by atoms with E-state index >= 15 is 0 Å². The Hall–Kier alpha value is -2.81. The summed E-state index contributed by atoms with van der Waals surface area (Å²) in [4.78, 5) is 40.6. The number of benzene rings is 1. The molecule has 0 aromatic heterocycles. The van der Waals surface area contributed by atoms with Crippen LogP contribution < -0.4 is 0 Å². The lowest BCUT2D eigenvalue weighted by Gasteiger charge is -2.35. The van der Waals surface area contributed by atoms with Gasteiger partial charge in [-0.3, -0.25) is 9.80 Å². The maximum absolute atomic E-state index is 12.9. The van der Waals surface area contributed by atoms with E-state index < -0.39 is 35.5 Å². The van der Waals surface area contributed by atoms with Gasteiger partial charge in [0.25, 0.3) is 0 Å². The fourth-order valence-corrected chi connectivity index (χ4v) is 4.64. The van der Waals surface area contributed by atoms with E-state index in [-0.39, 0.29) is 18.7 Å². The molecule has 2 amide bonds. The molecule has 0 unspecified atom stereocenters. The lowest BCUT2D eigenvalue weighted by Crippen LogP contribution is -2.50. The van der Waals surface area contributed by atoms with Gasteiger partial charge in [-0.25, -0.2) is 14.4 Å². The zero-order valence-electron chi connectivity index (χ0n) is 20.7. The largest absolute Gasteiger partial charge is 0.480 e. The number of hydrogen-bond donors (Lipinski definition) is 1. The summed E-state index contributed by atoms with van der Waals surface area (Å²) in [5.74, 6) is -1.04. The number of carboxylic acids is 1. The molecule has 0 aliphatic carbocycles. The SMILES string of the molecule is CC(C)(C)OC(=O)N1[C@H](CC[C@H]2CC[C@@H](C(=O)O)N2C(=O)OCc2ccccc2)COC1(C)C. The standard InChI is InChI=1S/C25H36N2O7/c1-24(2,3)34-23(31)27-19(16-33-25(27,4)5)12-11-18-13-14-20(21(28)29)26(18)22(30)32-15-17-9-7-6-8-10-17/h6-10,18-20H,11-16H2,1-5H3,(H,28,29)/t18-,19+,20-/m0/s1. The molecule has 9 nitrogen and oxygen atoms in total. The molecule has 0 radical (unpaired) electrons. The van der Waals surface area contributed by atoms with Gasteiger partial charge in [0.2, 0.25) is 0 Å². The minimum Gasteiger partial charge on any atom is -0.480 e. The molecule has 2 heterocycles. The number of nitrogens with zero attached hydrogens (tertiary/aromatic N) is 2. The van der Waals surface area contributed by atoms with Crippen LogP contribution in [0.15, 0.2) is 30.3 Å². The quantitative estimate of drug-likeness (QED) is 0.649. The highest BCUT2D eigenvalue weighted by Gasteiger charge is 2.47. The Balaban J connectivity index is 1.67. The summed E-state index contributed by atoms with van der Waals surface area (Å²) in [6.07, 6.45) is 0.902. The Morgan fingerprint density at radius 2 is 1.71 bits per heavy atom. The average molecular weight is 477 g/mol. The molecule has 9 heteroatoms. The van der Waals surface area contributed by atoms with Crippen LogP contribution in [0.5, 0.6) is 0 Å². The van der Waals surface area contributed by atoms with Crippen molar-refractivity contribution in [1.82, 2.24) is 9.80 Å². The Labute approximate surface area is 200 Å². The van der Waals surface area contributed by atoms with Gasteiger partial charge in [-0.15, -0.1) is 0 Å². The van der Waals surface area contributed by atoms with Crippen LogP contribution in [0.1, 0.15) is 65.9 Å². The van der Waals surface area contributed by atoms with Crippen molar-refractivity contribution in [2.45, 2.75) is 96.4 Å². The second-order valence-corrected chi connectivity index (χ2v) is 10.4. The van der Waals surface area contributed by atoms with E-state index in [1.165, 1.54) is 4.90 Å². The maximum atomic E-state index is 12.9. The molecular weight excluding hydrogens is 440 g/mol. The number of aliphatic carboxylic acids is 1. The summed E-state index contributed by atoms with van der Waals surface area (Å²) in [5, 5.41) is 9.67. The summed E-state index contributed by atoms with van der Waals surface area (Å²) in [5.41, 5.74) is -0.628. The lowest BCUT2D eigenvalue weighted by molar-refractivity contribution is -0.142. The van der Waals surface area contributed by atoms with Crippen molar-refractivity contribution < 1.29 is 33.7 Å². The highest BCUT2D eigenvalue weighted by Crippen LogP contribution is 2.34. The van der Waals surface area contributed by atoms with Crippen LogP contribution >= 0.6 is 0 Å². The Morgan fingerprint density at radius 1 is 1.06 bits per heavy atom. The zero-order valence-corrected chi connectivity index (χ0v) is 20.7. The van der Waals surface area contributed by atoms with E-state index in [4.69, 9.17) is 14.2 Å². The average Bonchev–Trinajstić information content (AvgIpc) is 3.30. The highest BCUT2D eigenvalue weighted by molar-refractivity contribution is 5.81. The van der Waals surface area contributed by atoms with Gasteiger partial charge in [0.15, 0.2) is 0 Å². The molecule has 3 atom stereocenters. The number of amides is 2. The first-order valence-electron chi connectivity index (χ1n) is 11.8. The molecule has 1 N–H and O–H groups in total. The van der Waals surface area contributed by atoms with Crippen LogP contribution in [0.2, 0.25) is 0 Å². The number of ether oxygens (including phenoxy) is 3. The van der Waals surface area contributed by atoms with Crippen LogP contribution in [0, 0.1) is 0 Å². The summed E-state index contributed by atoms with van der Waals surface area (Å²) in [7, 11) is 0. The van der Waals surface area contributed by atoms with Crippen LogP contribution in [-0.4, -0.2) is 69.1 Å². The molecule has 188 valence electrons. The normalized spacial score (nSPS) is 24.2. The van der Waals surface area contributed by atoms with E-state index in [9.17, 15) is 19.5 Å². The van der Waals surface area contributed by atoms with Crippen LogP contribution in [0.3, 0.4) is 0 Å².